The molecule has 0 aliphatic heterocycles. The van der Waals surface area contributed by atoms with Crippen LogP contribution < -0.4 is 0 Å². The molecular weight excluding hydrogens is 160 g/mol. The quantitative estimate of drug-likeness (QED) is 0.552. The van der Waals surface area contributed by atoms with E-state index in [0.717, 1.165) is 5.02 Å². The van der Waals surface area contributed by atoms with Gasteiger partial charge in [-0.05, 0) is 12.1 Å². The van der Waals surface area contributed by atoms with Crippen molar-refractivity contribution in [3.63, 3.8) is 0 Å². The molecular formula is C6H5ClCr. The molecule has 0 heterocycles. The van der Waals surface area contributed by atoms with Crippen LogP contribution in [0.15, 0.2) is 30.3 Å². The van der Waals surface area contributed by atoms with Gasteiger partial charge in [-0.25, -0.2) is 0 Å². The first-order valence-electron chi connectivity index (χ1n) is 2.10. The van der Waals surface area contributed by atoms with Gasteiger partial charge < -0.3 is 0 Å². The summed E-state index contributed by atoms with van der Waals surface area (Å²) >= 11 is 5.54. The van der Waals surface area contributed by atoms with Gasteiger partial charge in [-0.2, -0.15) is 0 Å². The number of halogens is 1. The van der Waals surface area contributed by atoms with Gasteiger partial charge in [0.1, 0.15) is 0 Å². The largest absolute Gasteiger partial charge is 0.0843 e. The molecule has 0 saturated carbocycles. The van der Waals surface area contributed by atoms with Gasteiger partial charge in [-0.15, -0.1) is 0 Å². The van der Waals surface area contributed by atoms with Gasteiger partial charge in [0.15, 0.2) is 0 Å². The van der Waals surface area contributed by atoms with Gasteiger partial charge in [0.05, 0.1) is 0 Å². The van der Waals surface area contributed by atoms with Gasteiger partial charge in [0, 0.05) is 22.4 Å². The molecule has 0 aromatic heterocycles. The molecule has 0 atom stereocenters. The number of hydrogen-bond donors (Lipinski definition) is 0. The van der Waals surface area contributed by atoms with Gasteiger partial charge in [-0.3, -0.25) is 0 Å². The summed E-state index contributed by atoms with van der Waals surface area (Å²) in [4.78, 5) is 0. The average Bonchev–Trinajstić information content (AvgIpc) is 1.69. The minimum Gasteiger partial charge on any atom is -0.0843 e. The summed E-state index contributed by atoms with van der Waals surface area (Å²) in [6, 6.07) is 9.44. The summed E-state index contributed by atoms with van der Waals surface area (Å²) < 4.78 is 0. The van der Waals surface area contributed by atoms with Gasteiger partial charge in [0.25, 0.3) is 0 Å². The van der Waals surface area contributed by atoms with Crippen LogP contribution in [0, 0.1) is 0 Å². The second-order valence-corrected chi connectivity index (χ2v) is 1.73. The molecule has 2 heteroatoms. The fraction of sp³-hybridized carbons (Fsp3) is 0. The molecule has 0 saturated heterocycles. The molecule has 0 aliphatic carbocycles. The first-order chi connectivity index (χ1) is 3.39. The van der Waals surface area contributed by atoms with E-state index in [9.17, 15) is 0 Å². The first kappa shape index (κ1) is 8.04. The summed E-state index contributed by atoms with van der Waals surface area (Å²) in [5.74, 6) is 0. The van der Waals surface area contributed by atoms with E-state index in [2.05, 4.69) is 0 Å². The number of hydrogen-bond acceptors (Lipinski definition) is 0. The van der Waals surface area contributed by atoms with Crippen LogP contribution in [0.2, 0.25) is 5.02 Å². The molecule has 1 aromatic rings. The molecule has 1 aromatic carbocycles. The standard InChI is InChI=1S/C6H5Cl.Cr/c7-6-4-2-1-3-5-6;/h1-5H;. The molecule has 0 fully saturated rings. The van der Waals surface area contributed by atoms with E-state index >= 15 is 0 Å². The Morgan fingerprint density at radius 3 is 1.75 bits per heavy atom. The van der Waals surface area contributed by atoms with Crippen LogP contribution in [-0.4, -0.2) is 0 Å². The Labute approximate surface area is 64.6 Å². The van der Waals surface area contributed by atoms with Crippen molar-refractivity contribution in [2.45, 2.75) is 0 Å². The summed E-state index contributed by atoms with van der Waals surface area (Å²) in [5, 5.41) is 0.794. The van der Waals surface area contributed by atoms with Crippen molar-refractivity contribution in [1.82, 2.24) is 0 Å². The first-order valence-corrected chi connectivity index (χ1v) is 2.48. The maximum atomic E-state index is 5.54. The van der Waals surface area contributed by atoms with Crippen molar-refractivity contribution < 1.29 is 17.4 Å². The number of benzene rings is 1. The fourth-order valence-corrected chi connectivity index (χ4v) is 0.560. The van der Waals surface area contributed by atoms with Crippen molar-refractivity contribution in [2.75, 3.05) is 0 Å². The van der Waals surface area contributed by atoms with Crippen molar-refractivity contribution in [3.05, 3.63) is 35.4 Å². The SMILES string of the molecule is Clc1ccccc1.[Cr]. The third-order valence-corrected chi connectivity index (χ3v) is 0.985. The molecule has 0 unspecified atom stereocenters. The Bertz CT molecular complexity index is 138. The molecule has 42 valence electrons. The summed E-state index contributed by atoms with van der Waals surface area (Å²) in [7, 11) is 0. The Balaban J connectivity index is 0.000000490. The maximum Gasteiger partial charge on any atom is 0.0405 e. The van der Waals surface area contributed by atoms with E-state index in [-0.39, 0.29) is 17.4 Å². The van der Waals surface area contributed by atoms with Crippen LogP contribution in [0.3, 0.4) is 0 Å². The molecule has 0 amide bonds. The molecule has 0 nitrogen and oxygen atoms in total. The third kappa shape index (κ3) is 2.38. The van der Waals surface area contributed by atoms with Gasteiger partial charge in [-0.1, -0.05) is 29.8 Å². The van der Waals surface area contributed by atoms with Crippen LogP contribution in [0.25, 0.3) is 0 Å². The fourth-order valence-electron chi connectivity index (χ4n) is 0.415. The van der Waals surface area contributed by atoms with Crippen molar-refractivity contribution >= 4 is 11.6 Å². The summed E-state index contributed by atoms with van der Waals surface area (Å²) in [6.07, 6.45) is 0. The van der Waals surface area contributed by atoms with E-state index in [1.54, 1.807) is 0 Å². The smallest absolute Gasteiger partial charge is 0.0405 e. The Morgan fingerprint density at radius 1 is 1.00 bits per heavy atom. The van der Waals surface area contributed by atoms with E-state index in [4.69, 9.17) is 11.6 Å². The summed E-state index contributed by atoms with van der Waals surface area (Å²) in [6.45, 7) is 0. The van der Waals surface area contributed by atoms with Crippen LogP contribution in [0.4, 0.5) is 0 Å². The predicted molar refractivity (Wildman–Crippen MR) is 31.5 cm³/mol. The molecule has 8 heavy (non-hydrogen) atoms. The minimum absolute atomic E-state index is 0. The predicted octanol–water partition coefficient (Wildman–Crippen LogP) is 2.34. The normalized spacial score (nSPS) is 7.62. The van der Waals surface area contributed by atoms with Gasteiger partial charge >= 0.3 is 0 Å². The molecule has 0 aliphatic rings. The second-order valence-electron chi connectivity index (χ2n) is 1.30. The van der Waals surface area contributed by atoms with E-state index in [1.165, 1.54) is 0 Å². The Kier molecular flexibility index (Phi) is 4.00. The third-order valence-electron chi connectivity index (χ3n) is 0.733. The topological polar surface area (TPSA) is 0 Å². The zero-order chi connectivity index (χ0) is 5.11. The van der Waals surface area contributed by atoms with Crippen LogP contribution in [0.5, 0.6) is 0 Å². The second kappa shape index (κ2) is 3.98. The van der Waals surface area contributed by atoms with Crippen molar-refractivity contribution in [2.24, 2.45) is 0 Å². The van der Waals surface area contributed by atoms with Crippen LogP contribution >= 0.6 is 11.6 Å². The zero-order valence-corrected chi connectivity index (χ0v) is 6.20. The summed E-state index contributed by atoms with van der Waals surface area (Å²) in [5.41, 5.74) is 0. The minimum atomic E-state index is 0. The van der Waals surface area contributed by atoms with E-state index in [0.29, 0.717) is 0 Å². The van der Waals surface area contributed by atoms with Crippen molar-refractivity contribution in [1.29, 1.82) is 0 Å². The van der Waals surface area contributed by atoms with Crippen molar-refractivity contribution in [3.8, 4) is 0 Å². The molecule has 0 radical (unpaired) electrons. The van der Waals surface area contributed by atoms with Crippen LogP contribution in [0.1, 0.15) is 0 Å². The maximum absolute atomic E-state index is 5.54. The van der Waals surface area contributed by atoms with E-state index in [1.807, 2.05) is 30.3 Å². The van der Waals surface area contributed by atoms with E-state index < -0.39 is 0 Å². The Morgan fingerprint density at radius 2 is 1.50 bits per heavy atom. The monoisotopic (exact) mass is 164 g/mol. The molecule has 0 bridgehead atoms. The average molecular weight is 165 g/mol. The van der Waals surface area contributed by atoms with Gasteiger partial charge in [0.2, 0.25) is 0 Å². The van der Waals surface area contributed by atoms with Crippen LogP contribution in [-0.2, 0) is 17.4 Å². The number of rotatable bonds is 0. The molecule has 0 N–H and O–H groups in total. The molecule has 0 spiro atoms. The zero-order valence-electron chi connectivity index (χ0n) is 4.17. The Hall–Kier alpha value is 0.0425. The molecule has 1 rings (SSSR count).